The van der Waals surface area contributed by atoms with Crippen molar-refractivity contribution in [3.8, 4) is 5.75 Å². The summed E-state index contributed by atoms with van der Waals surface area (Å²) in [4.78, 5) is 55.3. The van der Waals surface area contributed by atoms with Crippen LogP contribution in [0.2, 0.25) is 0 Å². The molecule has 3 aromatic carbocycles. The molecule has 6 rings (SSSR count). The van der Waals surface area contributed by atoms with E-state index in [2.05, 4.69) is 5.32 Å². The first kappa shape index (κ1) is 27.0. The van der Waals surface area contributed by atoms with Gasteiger partial charge >= 0.3 is 4.87 Å². The molecule has 2 aliphatic rings. The summed E-state index contributed by atoms with van der Waals surface area (Å²) in [5.74, 6) is -2.56. The molecule has 8 nitrogen and oxygen atoms in total. The molecule has 4 aromatic rings. The molecule has 1 aromatic heterocycles. The molecule has 0 saturated carbocycles. The number of carbonyl (C=O) groups excluding carboxylic acids is 3. The number of hydrogen-bond acceptors (Lipinski definition) is 7. The molecule has 0 radical (unpaired) electrons. The topological polar surface area (TPSA) is 97.7 Å². The predicted octanol–water partition coefficient (Wildman–Crippen LogP) is 4.80. The van der Waals surface area contributed by atoms with Crippen molar-refractivity contribution in [2.75, 3.05) is 17.3 Å². The Morgan fingerprint density at radius 3 is 2.29 bits per heavy atom. The molecule has 41 heavy (non-hydrogen) atoms. The zero-order valence-corrected chi connectivity index (χ0v) is 23.6. The van der Waals surface area contributed by atoms with Crippen LogP contribution in [0.5, 0.6) is 5.75 Å². The number of amides is 3. The summed E-state index contributed by atoms with van der Waals surface area (Å²) in [5, 5.41) is 2.43. The highest BCUT2D eigenvalue weighted by Gasteiger charge is 2.56. The van der Waals surface area contributed by atoms with Crippen LogP contribution in [0.15, 0.2) is 82.6 Å². The Labute approximate surface area is 242 Å². The average molecular weight is 590 g/mol. The molecule has 3 heterocycles. The molecular weight excluding hydrogens is 565 g/mol. The van der Waals surface area contributed by atoms with Gasteiger partial charge in [-0.1, -0.05) is 52.9 Å². The summed E-state index contributed by atoms with van der Waals surface area (Å²) in [5.41, 5.74) is 2.66. The Morgan fingerprint density at radius 2 is 1.63 bits per heavy atom. The maximum absolute atomic E-state index is 13.9. The molecule has 11 heteroatoms. The quantitative estimate of drug-likeness (QED) is 0.325. The number of aryl methyl sites for hydroxylation is 1. The number of thiazole rings is 1. The third kappa shape index (κ3) is 4.85. The van der Waals surface area contributed by atoms with Gasteiger partial charge in [0.2, 0.25) is 17.7 Å². The number of carbonyl (C=O) groups is 3. The van der Waals surface area contributed by atoms with Gasteiger partial charge in [-0.25, -0.2) is 9.29 Å². The largest absolute Gasteiger partial charge is 0.497 e. The summed E-state index contributed by atoms with van der Waals surface area (Å²) in [7, 11) is 1.53. The third-order valence-corrected chi connectivity index (χ3v) is 9.85. The van der Waals surface area contributed by atoms with Crippen LogP contribution in [0.3, 0.4) is 0 Å². The first-order chi connectivity index (χ1) is 19.7. The minimum atomic E-state index is -0.840. The second kappa shape index (κ2) is 10.6. The number of fused-ring (bicyclic) bond motifs is 2. The van der Waals surface area contributed by atoms with Crippen LogP contribution in [-0.4, -0.2) is 34.6 Å². The monoisotopic (exact) mass is 589 g/mol. The van der Waals surface area contributed by atoms with Gasteiger partial charge in [0.1, 0.15) is 23.4 Å². The Morgan fingerprint density at radius 1 is 0.951 bits per heavy atom. The van der Waals surface area contributed by atoms with E-state index in [1.165, 1.54) is 28.7 Å². The van der Waals surface area contributed by atoms with Crippen molar-refractivity contribution in [2.45, 2.75) is 29.7 Å². The Balaban J connectivity index is 1.39. The highest BCUT2D eigenvalue weighted by molar-refractivity contribution is 8.00. The van der Waals surface area contributed by atoms with Gasteiger partial charge in [-0.05, 0) is 61.0 Å². The number of halogens is 1. The number of nitrogens with zero attached hydrogens (tertiary/aromatic N) is 2. The van der Waals surface area contributed by atoms with E-state index < -0.39 is 40.6 Å². The van der Waals surface area contributed by atoms with Crippen LogP contribution in [0.25, 0.3) is 0 Å². The Bertz CT molecular complexity index is 1720. The van der Waals surface area contributed by atoms with Crippen LogP contribution in [0, 0.1) is 18.7 Å². The second-order valence-corrected chi connectivity index (χ2v) is 12.0. The van der Waals surface area contributed by atoms with Gasteiger partial charge in [0.05, 0.1) is 23.7 Å². The summed E-state index contributed by atoms with van der Waals surface area (Å²) in [6.07, 6.45) is 0. The number of thioether (sulfide) groups is 1. The van der Waals surface area contributed by atoms with E-state index in [4.69, 9.17) is 4.74 Å². The molecule has 3 amide bonds. The van der Waals surface area contributed by atoms with E-state index in [1.807, 2.05) is 19.1 Å². The van der Waals surface area contributed by atoms with Gasteiger partial charge < -0.3 is 10.1 Å². The summed E-state index contributed by atoms with van der Waals surface area (Å²) >= 11 is 2.07. The number of anilines is 2. The van der Waals surface area contributed by atoms with E-state index in [0.717, 1.165) is 28.7 Å². The van der Waals surface area contributed by atoms with E-state index in [9.17, 15) is 23.6 Å². The molecule has 1 N–H and O–H groups in total. The van der Waals surface area contributed by atoms with Crippen LogP contribution >= 0.6 is 23.1 Å². The fourth-order valence-corrected chi connectivity index (χ4v) is 8.02. The van der Waals surface area contributed by atoms with Crippen molar-refractivity contribution < 1.29 is 23.5 Å². The smallest absolute Gasteiger partial charge is 0.308 e. The van der Waals surface area contributed by atoms with Gasteiger partial charge in [0, 0.05) is 16.5 Å². The molecule has 0 spiro atoms. The minimum absolute atomic E-state index is 0.261. The van der Waals surface area contributed by atoms with Crippen LogP contribution in [0.1, 0.15) is 21.9 Å². The zero-order valence-electron chi connectivity index (χ0n) is 22.0. The molecule has 1 fully saturated rings. The van der Waals surface area contributed by atoms with E-state index in [0.29, 0.717) is 32.6 Å². The van der Waals surface area contributed by atoms with Gasteiger partial charge in [-0.3, -0.25) is 23.7 Å². The number of hydrogen-bond donors (Lipinski definition) is 1. The molecule has 2 aliphatic heterocycles. The maximum Gasteiger partial charge on any atom is 0.308 e. The van der Waals surface area contributed by atoms with Gasteiger partial charge in [0.25, 0.3) is 0 Å². The van der Waals surface area contributed by atoms with Crippen LogP contribution in [-0.2, 0) is 20.9 Å². The van der Waals surface area contributed by atoms with Crippen molar-refractivity contribution in [1.82, 2.24) is 4.57 Å². The van der Waals surface area contributed by atoms with Crippen LogP contribution in [0.4, 0.5) is 15.8 Å². The first-order valence-electron chi connectivity index (χ1n) is 12.8. The zero-order chi connectivity index (χ0) is 28.8. The Kier molecular flexibility index (Phi) is 7.00. The second-order valence-electron chi connectivity index (χ2n) is 9.84. The van der Waals surface area contributed by atoms with E-state index in [-0.39, 0.29) is 11.4 Å². The van der Waals surface area contributed by atoms with Gasteiger partial charge in [0.15, 0.2) is 0 Å². The summed E-state index contributed by atoms with van der Waals surface area (Å²) in [6, 6.07) is 19.7. The standard InChI is InChI=1S/C30H24FN3O5S2/c1-16-3-9-19(10-4-16)32-22(35)15-33-29-26(41-30(33)38)23(17-5-7-18(31)8-6-17)24-25(40-29)28(37)34(27(24)36)20-11-13-21(39-2)14-12-20/h3-14,23-25H,15H2,1-2H3,(H,32,35)/t23-,24?,25?/m1/s1. The number of rotatable bonds is 6. The molecular formula is C30H24FN3O5S2. The van der Waals surface area contributed by atoms with Crippen molar-refractivity contribution in [3.05, 3.63) is 104 Å². The van der Waals surface area contributed by atoms with Crippen molar-refractivity contribution >= 4 is 52.2 Å². The third-order valence-electron chi connectivity index (χ3n) is 7.25. The number of imide groups is 1. The maximum atomic E-state index is 13.9. The molecule has 0 bridgehead atoms. The molecule has 3 atom stereocenters. The van der Waals surface area contributed by atoms with Crippen molar-refractivity contribution in [1.29, 1.82) is 0 Å². The van der Waals surface area contributed by atoms with Gasteiger partial charge in [-0.2, -0.15) is 0 Å². The van der Waals surface area contributed by atoms with Crippen LogP contribution < -0.4 is 19.8 Å². The van der Waals surface area contributed by atoms with E-state index in [1.54, 1.807) is 48.5 Å². The predicted molar refractivity (Wildman–Crippen MR) is 155 cm³/mol. The summed E-state index contributed by atoms with van der Waals surface area (Å²) < 4.78 is 20.4. The van der Waals surface area contributed by atoms with Crippen molar-refractivity contribution in [3.63, 3.8) is 0 Å². The van der Waals surface area contributed by atoms with E-state index >= 15 is 0 Å². The number of methoxy groups -OCH3 is 1. The fraction of sp³-hybridized carbons (Fsp3) is 0.200. The lowest BCUT2D eigenvalue weighted by atomic mass is 9.83. The first-order valence-corrected chi connectivity index (χ1v) is 14.5. The number of aromatic nitrogens is 1. The highest BCUT2D eigenvalue weighted by atomic mass is 32.2. The Hall–Kier alpha value is -4.22. The number of ether oxygens (including phenoxy) is 1. The van der Waals surface area contributed by atoms with Crippen molar-refractivity contribution in [2.24, 2.45) is 5.92 Å². The molecule has 1 saturated heterocycles. The lowest BCUT2D eigenvalue weighted by molar-refractivity contribution is -0.122. The number of benzene rings is 3. The normalized spacial score (nSPS) is 19.6. The lowest BCUT2D eigenvalue weighted by Gasteiger charge is -2.30. The fourth-order valence-electron chi connectivity index (χ4n) is 5.25. The lowest BCUT2D eigenvalue weighted by Crippen LogP contribution is -2.33. The minimum Gasteiger partial charge on any atom is -0.497 e. The van der Waals surface area contributed by atoms with Gasteiger partial charge in [-0.15, -0.1) is 0 Å². The number of nitrogens with one attached hydrogen (secondary N) is 1. The molecule has 2 unspecified atom stereocenters. The average Bonchev–Trinajstić information content (AvgIpc) is 3.41. The molecule has 0 aliphatic carbocycles. The molecule has 208 valence electrons. The highest BCUT2D eigenvalue weighted by Crippen LogP contribution is 2.53. The SMILES string of the molecule is COc1ccc(N2C(=O)C3Sc4c(sc(=O)n4CC(=O)Nc4ccc(C)cc4)[C@H](c4ccc(F)cc4)C3C2=O)cc1. The summed E-state index contributed by atoms with van der Waals surface area (Å²) in [6.45, 7) is 1.68.